The molecule has 3 rings (SSSR count). The minimum atomic E-state index is -4.78. The molecule has 0 aliphatic carbocycles. The van der Waals surface area contributed by atoms with Crippen LogP contribution in [-0.2, 0) is 16.0 Å². The molecular formula is C15H15F4N3O3S. The van der Waals surface area contributed by atoms with Gasteiger partial charge in [0.2, 0.25) is 0 Å². The molecule has 0 amide bonds. The molecule has 0 bridgehead atoms. The standard InChI is InChI=1S/C15H15F4N3O3S/c1-26(23,24)8-10-5-9(16)7-22(10)14-11(15(17,18)19)6-12(20-21-14)13-3-2-4-25-13/h2-4,6,9-10H,5,7-8H2,1H3/t9-,10-/m0/s1. The second-order valence-corrected chi connectivity index (χ2v) is 8.36. The lowest BCUT2D eigenvalue weighted by atomic mass is 10.2. The van der Waals surface area contributed by atoms with Gasteiger partial charge in [-0.3, -0.25) is 0 Å². The molecule has 6 nitrogen and oxygen atoms in total. The Morgan fingerprint density at radius 2 is 2.08 bits per heavy atom. The molecule has 142 valence electrons. The van der Waals surface area contributed by atoms with Crippen LogP contribution in [0.2, 0.25) is 0 Å². The summed E-state index contributed by atoms with van der Waals surface area (Å²) in [5.41, 5.74) is -1.24. The van der Waals surface area contributed by atoms with Gasteiger partial charge in [0.05, 0.1) is 18.6 Å². The average Bonchev–Trinajstić information content (AvgIpc) is 3.14. The van der Waals surface area contributed by atoms with E-state index >= 15 is 0 Å². The topological polar surface area (TPSA) is 76.3 Å². The van der Waals surface area contributed by atoms with E-state index in [2.05, 4.69) is 10.2 Å². The van der Waals surface area contributed by atoms with E-state index in [-0.39, 0.29) is 24.4 Å². The summed E-state index contributed by atoms with van der Waals surface area (Å²) < 4.78 is 82.6. The molecule has 2 aromatic heterocycles. The van der Waals surface area contributed by atoms with Crippen molar-refractivity contribution >= 4 is 15.7 Å². The lowest BCUT2D eigenvalue weighted by molar-refractivity contribution is -0.137. The van der Waals surface area contributed by atoms with E-state index in [4.69, 9.17) is 4.42 Å². The third kappa shape index (κ3) is 3.97. The highest BCUT2D eigenvalue weighted by Crippen LogP contribution is 2.39. The van der Waals surface area contributed by atoms with Crippen molar-refractivity contribution in [3.05, 3.63) is 30.0 Å². The Morgan fingerprint density at radius 3 is 2.65 bits per heavy atom. The molecule has 0 saturated carbocycles. The van der Waals surface area contributed by atoms with E-state index in [1.807, 2.05) is 0 Å². The maximum Gasteiger partial charge on any atom is 0.420 e. The molecule has 2 atom stereocenters. The van der Waals surface area contributed by atoms with E-state index in [1.54, 1.807) is 0 Å². The third-order valence-corrected chi connectivity index (χ3v) is 4.97. The molecule has 0 N–H and O–H groups in total. The van der Waals surface area contributed by atoms with Gasteiger partial charge in [0.1, 0.15) is 27.3 Å². The minimum absolute atomic E-state index is 0.104. The van der Waals surface area contributed by atoms with Crippen molar-refractivity contribution in [2.75, 3.05) is 23.5 Å². The fourth-order valence-electron chi connectivity index (χ4n) is 2.98. The number of hydrogen-bond donors (Lipinski definition) is 0. The third-order valence-electron chi connectivity index (χ3n) is 3.98. The van der Waals surface area contributed by atoms with Crippen LogP contribution >= 0.6 is 0 Å². The predicted octanol–water partition coefficient (Wildman–Crippen LogP) is 2.72. The van der Waals surface area contributed by atoms with Crippen molar-refractivity contribution in [1.82, 2.24) is 10.2 Å². The smallest absolute Gasteiger partial charge is 0.420 e. The van der Waals surface area contributed by atoms with Gasteiger partial charge in [-0.25, -0.2) is 12.8 Å². The Balaban J connectivity index is 2.05. The number of rotatable bonds is 4. The monoisotopic (exact) mass is 393 g/mol. The molecule has 0 spiro atoms. The van der Waals surface area contributed by atoms with Crippen LogP contribution in [-0.4, -0.2) is 49.4 Å². The van der Waals surface area contributed by atoms with Gasteiger partial charge in [0.15, 0.2) is 11.6 Å². The van der Waals surface area contributed by atoms with Gasteiger partial charge < -0.3 is 9.32 Å². The molecule has 0 radical (unpaired) electrons. The van der Waals surface area contributed by atoms with Crippen molar-refractivity contribution in [2.45, 2.75) is 24.8 Å². The summed E-state index contributed by atoms with van der Waals surface area (Å²) in [6.07, 6.45) is -4.18. The van der Waals surface area contributed by atoms with Gasteiger partial charge in [-0.2, -0.15) is 13.2 Å². The van der Waals surface area contributed by atoms with Crippen LogP contribution in [0, 0.1) is 0 Å². The number of hydrogen-bond acceptors (Lipinski definition) is 6. The van der Waals surface area contributed by atoms with Gasteiger partial charge in [0, 0.05) is 18.7 Å². The van der Waals surface area contributed by atoms with Crippen LogP contribution in [0.1, 0.15) is 12.0 Å². The van der Waals surface area contributed by atoms with Crippen LogP contribution in [0.4, 0.5) is 23.4 Å². The summed E-state index contributed by atoms with van der Waals surface area (Å²) in [4.78, 5) is 1.04. The molecule has 0 aromatic carbocycles. The summed E-state index contributed by atoms with van der Waals surface area (Å²) in [6, 6.07) is 2.76. The molecule has 1 saturated heterocycles. The van der Waals surface area contributed by atoms with Gasteiger partial charge >= 0.3 is 6.18 Å². The highest BCUT2D eigenvalue weighted by Gasteiger charge is 2.42. The van der Waals surface area contributed by atoms with Gasteiger partial charge in [-0.05, 0) is 18.2 Å². The van der Waals surface area contributed by atoms with Crippen LogP contribution in [0.3, 0.4) is 0 Å². The number of furan rings is 1. The quantitative estimate of drug-likeness (QED) is 0.744. The summed E-state index contributed by atoms with van der Waals surface area (Å²) in [7, 11) is -3.52. The Kier molecular flexibility index (Phi) is 4.67. The maximum atomic E-state index is 13.8. The zero-order chi connectivity index (χ0) is 19.1. The summed E-state index contributed by atoms with van der Waals surface area (Å²) in [5.74, 6) is -0.944. The van der Waals surface area contributed by atoms with Gasteiger partial charge in [-0.15, -0.1) is 10.2 Å². The lowest BCUT2D eigenvalue weighted by Gasteiger charge is -2.27. The number of sulfone groups is 1. The number of aromatic nitrogens is 2. The highest BCUT2D eigenvalue weighted by molar-refractivity contribution is 7.90. The average molecular weight is 393 g/mol. The summed E-state index contributed by atoms with van der Waals surface area (Å²) in [5, 5.41) is 7.37. The molecule has 3 heterocycles. The normalized spacial score (nSPS) is 21.3. The van der Waals surface area contributed by atoms with Crippen molar-refractivity contribution < 1.29 is 30.4 Å². The maximum absolute atomic E-state index is 13.8. The van der Waals surface area contributed by atoms with E-state index in [0.717, 1.165) is 17.2 Å². The first kappa shape index (κ1) is 18.6. The van der Waals surface area contributed by atoms with Crippen molar-refractivity contribution in [1.29, 1.82) is 0 Å². The minimum Gasteiger partial charge on any atom is -0.463 e. The highest BCUT2D eigenvalue weighted by atomic mass is 32.2. The number of anilines is 1. The van der Waals surface area contributed by atoms with Gasteiger partial charge in [-0.1, -0.05) is 0 Å². The first-order valence-corrected chi connectivity index (χ1v) is 9.68. The Hall–Kier alpha value is -2.17. The van der Waals surface area contributed by atoms with Gasteiger partial charge in [0.25, 0.3) is 0 Å². The fraction of sp³-hybridized carbons (Fsp3) is 0.467. The molecule has 11 heteroatoms. The Labute approximate surface area is 146 Å². The molecule has 1 fully saturated rings. The van der Waals surface area contributed by atoms with E-state index in [9.17, 15) is 26.0 Å². The summed E-state index contributed by atoms with van der Waals surface area (Å²) in [6.45, 7) is -0.377. The van der Waals surface area contributed by atoms with Crippen molar-refractivity contribution in [3.63, 3.8) is 0 Å². The molecule has 1 aliphatic rings. The number of alkyl halides is 4. The first-order chi connectivity index (χ1) is 12.0. The Bertz CT molecular complexity index is 884. The second-order valence-electron chi connectivity index (χ2n) is 6.17. The van der Waals surface area contributed by atoms with Crippen molar-refractivity contribution in [2.24, 2.45) is 0 Å². The molecule has 1 aliphatic heterocycles. The Morgan fingerprint density at radius 1 is 1.35 bits per heavy atom. The van der Waals surface area contributed by atoms with E-state index in [1.165, 1.54) is 18.4 Å². The first-order valence-electron chi connectivity index (χ1n) is 7.62. The zero-order valence-corrected chi connectivity index (χ0v) is 14.4. The van der Waals surface area contributed by atoms with E-state index < -0.39 is 45.4 Å². The zero-order valence-electron chi connectivity index (χ0n) is 13.6. The molecule has 26 heavy (non-hydrogen) atoms. The van der Waals surface area contributed by atoms with E-state index in [0.29, 0.717) is 0 Å². The largest absolute Gasteiger partial charge is 0.463 e. The van der Waals surface area contributed by atoms with Crippen LogP contribution in [0.15, 0.2) is 28.9 Å². The number of halogens is 4. The second kappa shape index (κ2) is 6.53. The predicted molar refractivity (Wildman–Crippen MR) is 85.1 cm³/mol. The van der Waals surface area contributed by atoms with Crippen molar-refractivity contribution in [3.8, 4) is 11.5 Å². The number of nitrogens with zero attached hydrogens (tertiary/aromatic N) is 3. The SMILES string of the molecule is CS(=O)(=O)C[C@@H]1C[C@H](F)CN1c1nnc(-c2ccco2)cc1C(F)(F)F. The lowest BCUT2D eigenvalue weighted by Crippen LogP contribution is -2.37. The fourth-order valence-corrected chi connectivity index (χ4v) is 3.99. The van der Waals surface area contributed by atoms with Crippen LogP contribution in [0.5, 0.6) is 0 Å². The summed E-state index contributed by atoms with van der Waals surface area (Å²) >= 11 is 0. The van der Waals surface area contributed by atoms with Crippen LogP contribution in [0.25, 0.3) is 11.5 Å². The molecular weight excluding hydrogens is 378 g/mol. The molecule has 2 aromatic rings. The van der Waals surface area contributed by atoms with Crippen LogP contribution < -0.4 is 4.90 Å². The molecule has 0 unspecified atom stereocenters.